The van der Waals surface area contributed by atoms with Crippen molar-refractivity contribution in [3.05, 3.63) is 11.2 Å². The van der Waals surface area contributed by atoms with E-state index in [1.165, 1.54) is 6.07 Å². The summed E-state index contributed by atoms with van der Waals surface area (Å²) in [7, 11) is 0. The average molecular weight is 225 g/mol. The Labute approximate surface area is 86.7 Å². The first-order valence-electron chi connectivity index (χ1n) is 3.37. The molecule has 74 valence electrons. The van der Waals surface area contributed by atoms with Crippen molar-refractivity contribution in [1.82, 2.24) is 9.97 Å². The fraction of sp³-hybridized carbons (Fsp3) is 0.333. The van der Waals surface area contributed by atoms with Crippen molar-refractivity contribution in [2.75, 3.05) is 24.2 Å². The fourth-order valence-electron chi connectivity index (χ4n) is 0.710. The van der Waals surface area contributed by atoms with E-state index in [4.69, 9.17) is 22.4 Å². The summed E-state index contributed by atoms with van der Waals surface area (Å²) in [6.45, 7) is 0.439. The zero-order valence-corrected chi connectivity index (χ0v) is 8.27. The van der Waals surface area contributed by atoms with Crippen LogP contribution in [-0.4, -0.2) is 28.2 Å². The lowest BCUT2D eigenvalue weighted by atomic mass is 10.5. The van der Waals surface area contributed by atoms with E-state index in [0.29, 0.717) is 12.4 Å². The molecule has 1 aromatic rings. The number of nitrogen functional groups attached to an aromatic ring is 1. The van der Waals surface area contributed by atoms with Crippen molar-refractivity contribution < 1.29 is 5.11 Å². The predicted molar refractivity (Wildman–Crippen MR) is 54.3 cm³/mol. The van der Waals surface area contributed by atoms with Crippen molar-refractivity contribution in [2.45, 2.75) is 0 Å². The standard InChI is InChI=1S/C6H9ClN4O.ClH/c7-4-3-5(9-1-2-12)11-6(8)10-4;/h3,12H,1-2H2,(H3,8,9,10,11);1H. The fourth-order valence-corrected chi connectivity index (χ4v) is 0.900. The number of rotatable bonds is 3. The number of hydrogen-bond donors (Lipinski definition) is 3. The van der Waals surface area contributed by atoms with Crippen LogP contribution >= 0.6 is 24.0 Å². The van der Waals surface area contributed by atoms with E-state index in [2.05, 4.69) is 15.3 Å². The molecule has 0 radical (unpaired) electrons. The van der Waals surface area contributed by atoms with Gasteiger partial charge in [0.25, 0.3) is 0 Å². The quantitative estimate of drug-likeness (QED) is 0.653. The maximum Gasteiger partial charge on any atom is 0.223 e. The minimum absolute atomic E-state index is 0. The summed E-state index contributed by atoms with van der Waals surface area (Å²) in [5.41, 5.74) is 5.32. The summed E-state index contributed by atoms with van der Waals surface area (Å²) >= 11 is 5.60. The molecule has 13 heavy (non-hydrogen) atoms. The Morgan fingerprint density at radius 3 is 2.77 bits per heavy atom. The van der Waals surface area contributed by atoms with Crippen molar-refractivity contribution in [3.63, 3.8) is 0 Å². The van der Waals surface area contributed by atoms with Crippen LogP contribution in [0.1, 0.15) is 0 Å². The van der Waals surface area contributed by atoms with Gasteiger partial charge < -0.3 is 16.2 Å². The van der Waals surface area contributed by atoms with Crippen molar-refractivity contribution in [1.29, 1.82) is 0 Å². The van der Waals surface area contributed by atoms with Gasteiger partial charge >= 0.3 is 0 Å². The molecule has 0 fully saturated rings. The number of aliphatic hydroxyl groups excluding tert-OH is 1. The zero-order valence-electron chi connectivity index (χ0n) is 6.70. The highest BCUT2D eigenvalue weighted by atomic mass is 35.5. The Kier molecular flexibility index (Phi) is 5.45. The van der Waals surface area contributed by atoms with Crippen LogP contribution in [0.2, 0.25) is 5.15 Å². The van der Waals surface area contributed by atoms with Crippen LogP contribution in [-0.2, 0) is 0 Å². The van der Waals surface area contributed by atoms with Gasteiger partial charge in [-0.05, 0) is 0 Å². The molecular weight excluding hydrogens is 215 g/mol. The van der Waals surface area contributed by atoms with Gasteiger partial charge in [0.05, 0.1) is 6.61 Å². The molecule has 4 N–H and O–H groups in total. The Bertz CT molecular complexity index is 251. The first-order chi connectivity index (χ1) is 5.72. The molecule has 0 aliphatic heterocycles. The van der Waals surface area contributed by atoms with Gasteiger partial charge in [-0.2, -0.15) is 4.98 Å². The van der Waals surface area contributed by atoms with Gasteiger partial charge in [-0.1, -0.05) is 11.6 Å². The van der Waals surface area contributed by atoms with Gasteiger partial charge in [0.2, 0.25) is 5.95 Å². The molecule has 5 nitrogen and oxygen atoms in total. The molecule has 7 heteroatoms. The minimum Gasteiger partial charge on any atom is -0.395 e. The summed E-state index contributed by atoms with van der Waals surface area (Å²) in [6, 6.07) is 1.54. The highest BCUT2D eigenvalue weighted by Gasteiger charge is 1.98. The van der Waals surface area contributed by atoms with Crippen LogP contribution in [0.25, 0.3) is 0 Å². The van der Waals surface area contributed by atoms with Crippen LogP contribution in [0.5, 0.6) is 0 Å². The van der Waals surface area contributed by atoms with E-state index in [1.54, 1.807) is 0 Å². The second-order valence-electron chi connectivity index (χ2n) is 2.08. The first-order valence-corrected chi connectivity index (χ1v) is 3.75. The lowest BCUT2D eigenvalue weighted by molar-refractivity contribution is 0.311. The topological polar surface area (TPSA) is 84.1 Å². The molecule has 0 spiro atoms. The number of nitrogens with zero attached hydrogens (tertiary/aromatic N) is 2. The van der Waals surface area contributed by atoms with Crippen molar-refractivity contribution in [2.24, 2.45) is 0 Å². The molecule has 1 aromatic heterocycles. The zero-order chi connectivity index (χ0) is 8.97. The molecule has 0 saturated carbocycles. The van der Waals surface area contributed by atoms with Crippen LogP contribution in [0.3, 0.4) is 0 Å². The lowest BCUT2D eigenvalue weighted by Crippen LogP contribution is -2.08. The van der Waals surface area contributed by atoms with E-state index in [-0.39, 0.29) is 30.1 Å². The maximum atomic E-state index is 8.50. The Morgan fingerprint density at radius 1 is 1.54 bits per heavy atom. The van der Waals surface area contributed by atoms with Crippen LogP contribution in [0.4, 0.5) is 11.8 Å². The largest absolute Gasteiger partial charge is 0.395 e. The number of nitrogens with one attached hydrogen (secondary N) is 1. The molecule has 1 heterocycles. The second-order valence-corrected chi connectivity index (χ2v) is 2.47. The Hall–Kier alpha value is -0.780. The molecule has 1 rings (SSSR count). The molecule has 0 aromatic carbocycles. The SMILES string of the molecule is Cl.Nc1nc(Cl)cc(NCCO)n1. The summed E-state index contributed by atoms with van der Waals surface area (Å²) in [5, 5.41) is 11.6. The third kappa shape index (κ3) is 4.12. The summed E-state index contributed by atoms with van der Waals surface area (Å²) in [4.78, 5) is 7.50. The molecule has 0 aliphatic carbocycles. The number of aliphatic hydroxyl groups is 1. The Morgan fingerprint density at radius 2 is 2.23 bits per heavy atom. The lowest BCUT2D eigenvalue weighted by Gasteiger charge is -2.03. The van der Waals surface area contributed by atoms with Gasteiger partial charge in [0.15, 0.2) is 0 Å². The molecular formula is C6H10Cl2N4O. The summed E-state index contributed by atoms with van der Waals surface area (Å²) in [5.74, 6) is 0.629. The highest BCUT2D eigenvalue weighted by Crippen LogP contribution is 2.11. The smallest absolute Gasteiger partial charge is 0.223 e. The third-order valence-corrected chi connectivity index (χ3v) is 1.32. The number of aromatic nitrogens is 2. The van der Waals surface area contributed by atoms with E-state index in [9.17, 15) is 0 Å². The van der Waals surface area contributed by atoms with Gasteiger partial charge in [0.1, 0.15) is 11.0 Å². The maximum absolute atomic E-state index is 8.50. The molecule has 0 saturated heterocycles. The Balaban J connectivity index is 0.00000144. The van der Waals surface area contributed by atoms with Crippen molar-refractivity contribution >= 4 is 35.8 Å². The van der Waals surface area contributed by atoms with Gasteiger partial charge in [-0.15, -0.1) is 12.4 Å². The molecule has 0 amide bonds. The van der Waals surface area contributed by atoms with Gasteiger partial charge in [-0.3, -0.25) is 0 Å². The van der Waals surface area contributed by atoms with Gasteiger partial charge in [0, 0.05) is 12.6 Å². The number of halogens is 2. The van der Waals surface area contributed by atoms with Crippen molar-refractivity contribution in [3.8, 4) is 0 Å². The van der Waals surface area contributed by atoms with Crippen LogP contribution < -0.4 is 11.1 Å². The second kappa shape index (κ2) is 5.80. The molecule has 0 aliphatic rings. The molecule has 0 unspecified atom stereocenters. The average Bonchev–Trinajstić information content (AvgIpc) is 1.99. The number of hydrogen-bond acceptors (Lipinski definition) is 5. The number of anilines is 2. The van der Waals surface area contributed by atoms with E-state index in [0.717, 1.165) is 0 Å². The van der Waals surface area contributed by atoms with E-state index in [1.807, 2.05) is 0 Å². The predicted octanol–water partition coefficient (Wildman–Crippen LogP) is 0.538. The van der Waals surface area contributed by atoms with Crippen LogP contribution in [0, 0.1) is 0 Å². The summed E-state index contributed by atoms with van der Waals surface area (Å²) in [6.07, 6.45) is 0. The first kappa shape index (κ1) is 12.2. The third-order valence-electron chi connectivity index (χ3n) is 1.13. The number of nitrogens with two attached hydrogens (primary N) is 1. The van der Waals surface area contributed by atoms with Crippen LogP contribution in [0.15, 0.2) is 6.07 Å². The molecule has 0 bridgehead atoms. The highest BCUT2D eigenvalue weighted by molar-refractivity contribution is 6.29. The van der Waals surface area contributed by atoms with Gasteiger partial charge in [-0.25, -0.2) is 4.98 Å². The summed E-state index contributed by atoms with van der Waals surface area (Å²) < 4.78 is 0. The van der Waals surface area contributed by atoms with E-state index < -0.39 is 0 Å². The minimum atomic E-state index is 0. The normalized spacial score (nSPS) is 9.08. The molecule has 0 atom stereocenters. The van der Waals surface area contributed by atoms with E-state index >= 15 is 0 Å². The monoisotopic (exact) mass is 224 g/mol.